The first-order chi connectivity index (χ1) is 13.1. The molecule has 7 heteroatoms. The van der Waals surface area contributed by atoms with Crippen LogP contribution in [-0.2, 0) is 11.2 Å². The maximum absolute atomic E-state index is 12.8. The van der Waals surface area contributed by atoms with Gasteiger partial charge in [-0.25, -0.2) is 9.97 Å². The maximum atomic E-state index is 12.8. The average Bonchev–Trinajstić information content (AvgIpc) is 3.13. The Morgan fingerprint density at radius 1 is 1.19 bits per heavy atom. The number of carbonyl (C=O) groups is 1. The van der Waals surface area contributed by atoms with E-state index in [1.54, 1.807) is 12.4 Å². The summed E-state index contributed by atoms with van der Waals surface area (Å²) in [5.41, 5.74) is 2.35. The third-order valence-electron chi connectivity index (χ3n) is 5.57. The molecule has 2 aliphatic rings. The van der Waals surface area contributed by atoms with Crippen LogP contribution in [0.4, 0.5) is 11.6 Å². The van der Waals surface area contributed by atoms with E-state index < -0.39 is 0 Å². The van der Waals surface area contributed by atoms with E-state index in [9.17, 15) is 4.79 Å². The Morgan fingerprint density at radius 3 is 2.63 bits per heavy atom. The van der Waals surface area contributed by atoms with E-state index >= 15 is 0 Å². The molecular formula is C20H24ClN5O. The largest absolute Gasteiger partial charge is 0.341 e. The highest BCUT2D eigenvalue weighted by Crippen LogP contribution is 2.28. The molecule has 1 saturated heterocycles. The van der Waals surface area contributed by atoms with E-state index in [2.05, 4.69) is 25.8 Å². The number of halogens is 1. The van der Waals surface area contributed by atoms with Gasteiger partial charge in [-0.15, -0.1) is 0 Å². The third kappa shape index (κ3) is 3.92. The Labute approximate surface area is 164 Å². The molecule has 1 fully saturated rings. The summed E-state index contributed by atoms with van der Waals surface area (Å²) in [7, 11) is 2.02. The first-order valence-electron chi connectivity index (χ1n) is 9.43. The molecule has 6 nitrogen and oxygen atoms in total. The van der Waals surface area contributed by atoms with Crippen LogP contribution in [-0.4, -0.2) is 60.0 Å². The van der Waals surface area contributed by atoms with E-state index in [-0.39, 0.29) is 5.91 Å². The van der Waals surface area contributed by atoms with Gasteiger partial charge < -0.3 is 9.80 Å². The fourth-order valence-corrected chi connectivity index (χ4v) is 4.09. The molecule has 0 bridgehead atoms. The van der Waals surface area contributed by atoms with Crippen molar-refractivity contribution in [3.63, 3.8) is 0 Å². The number of piperidine rings is 1. The van der Waals surface area contributed by atoms with Gasteiger partial charge in [0.15, 0.2) is 0 Å². The van der Waals surface area contributed by atoms with Crippen LogP contribution in [0.25, 0.3) is 0 Å². The third-order valence-corrected chi connectivity index (χ3v) is 5.77. The van der Waals surface area contributed by atoms with Crippen LogP contribution in [0, 0.1) is 0 Å². The summed E-state index contributed by atoms with van der Waals surface area (Å²) < 4.78 is 0. The van der Waals surface area contributed by atoms with Gasteiger partial charge in [-0.1, -0.05) is 29.8 Å². The summed E-state index contributed by atoms with van der Waals surface area (Å²) >= 11 is 5.87. The average molecular weight is 386 g/mol. The Morgan fingerprint density at radius 2 is 1.89 bits per heavy atom. The van der Waals surface area contributed by atoms with Gasteiger partial charge in [0.1, 0.15) is 0 Å². The molecule has 0 radical (unpaired) electrons. The molecule has 1 aromatic carbocycles. The number of benzene rings is 1. The highest BCUT2D eigenvalue weighted by atomic mass is 35.5. The van der Waals surface area contributed by atoms with E-state index in [1.807, 2.05) is 30.1 Å². The minimum Gasteiger partial charge on any atom is -0.341 e. The van der Waals surface area contributed by atoms with Crippen molar-refractivity contribution in [3.8, 4) is 0 Å². The second kappa shape index (κ2) is 7.82. The van der Waals surface area contributed by atoms with Crippen molar-refractivity contribution in [1.29, 1.82) is 0 Å². The molecule has 2 aliphatic heterocycles. The minimum absolute atomic E-state index is 0.202. The molecule has 3 heterocycles. The molecule has 1 amide bonds. The molecule has 0 unspecified atom stereocenters. The number of amides is 1. The quantitative estimate of drug-likeness (QED) is 0.809. The van der Waals surface area contributed by atoms with E-state index in [0.717, 1.165) is 44.6 Å². The lowest BCUT2D eigenvalue weighted by Gasteiger charge is -2.36. The van der Waals surface area contributed by atoms with Gasteiger partial charge in [0.05, 0.1) is 24.0 Å². The second-order valence-electron chi connectivity index (χ2n) is 7.24. The number of hydrogen-bond donors (Lipinski definition) is 0. The summed E-state index contributed by atoms with van der Waals surface area (Å²) in [5.74, 6) is 0.899. The number of fused-ring (bicyclic) bond motifs is 1. The number of aromatic nitrogens is 2. The molecule has 1 aromatic heterocycles. The zero-order chi connectivity index (χ0) is 18.8. The smallest absolute Gasteiger partial charge is 0.241 e. The van der Waals surface area contributed by atoms with Gasteiger partial charge in [-0.05, 0) is 30.9 Å². The Balaban J connectivity index is 1.31. The van der Waals surface area contributed by atoms with Gasteiger partial charge in [-0.3, -0.25) is 9.69 Å². The summed E-state index contributed by atoms with van der Waals surface area (Å²) in [5, 5.41) is 0.545. The van der Waals surface area contributed by atoms with Gasteiger partial charge in [0, 0.05) is 38.4 Å². The molecule has 2 aromatic rings. The normalized spacial score (nSPS) is 17.8. The van der Waals surface area contributed by atoms with Crippen LogP contribution in [0.5, 0.6) is 0 Å². The lowest BCUT2D eigenvalue weighted by molar-refractivity contribution is -0.119. The van der Waals surface area contributed by atoms with E-state index in [1.165, 1.54) is 5.56 Å². The van der Waals surface area contributed by atoms with Crippen LogP contribution in [0.15, 0.2) is 36.7 Å². The maximum Gasteiger partial charge on any atom is 0.241 e. The number of para-hydroxylation sites is 1. The molecule has 0 N–H and O–H groups in total. The van der Waals surface area contributed by atoms with Crippen LogP contribution in [0.2, 0.25) is 5.02 Å². The number of carbonyl (C=O) groups excluding carboxylic acids is 1. The Bertz CT molecular complexity index is 804. The van der Waals surface area contributed by atoms with Crippen molar-refractivity contribution >= 4 is 29.1 Å². The van der Waals surface area contributed by atoms with Crippen LogP contribution in [0.3, 0.4) is 0 Å². The zero-order valence-electron chi connectivity index (χ0n) is 15.5. The molecule has 0 saturated carbocycles. The molecular weight excluding hydrogens is 362 g/mol. The van der Waals surface area contributed by atoms with Crippen LogP contribution >= 0.6 is 11.6 Å². The number of nitrogens with zero attached hydrogens (tertiary/aromatic N) is 5. The first kappa shape index (κ1) is 18.2. The first-order valence-corrected chi connectivity index (χ1v) is 9.80. The Hall–Kier alpha value is -2.18. The monoisotopic (exact) mass is 385 g/mol. The molecule has 0 aliphatic carbocycles. The van der Waals surface area contributed by atoms with Crippen LogP contribution < -0.4 is 9.80 Å². The SMILES string of the molecule is CN(c1ncc(Cl)cn1)C1CCN(CC(=O)N2CCc3ccccc32)CC1. The van der Waals surface area contributed by atoms with Crippen molar-refractivity contribution < 1.29 is 4.79 Å². The topological polar surface area (TPSA) is 52.6 Å². The summed E-state index contributed by atoms with van der Waals surface area (Å²) in [6, 6.07) is 8.59. The number of likely N-dealkylation sites (tertiary alicyclic amines) is 1. The van der Waals surface area contributed by atoms with Crippen molar-refractivity contribution in [1.82, 2.24) is 14.9 Å². The fraction of sp³-hybridized carbons (Fsp3) is 0.450. The summed E-state index contributed by atoms with van der Waals surface area (Å²) in [6.07, 6.45) is 6.19. The van der Waals surface area contributed by atoms with Gasteiger partial charge in [-0.2, -0.15) is 0 Å². The predicted molar refractivity (Wildman–Crippen MR) is 107 cm³/mol. The molecule has 142 valence electrons. The van der Waals surface area contributed by atoms with Gasteiger partial charge in [0.2, 0.25) is 11.9 Å². The fourth-order valence-electron chi connectivity index (χ4n) is 3.99. The lowest BCUT2D eigenvalue weighted by atomic mass is 10.0. The summed E-state index contributed by atoms with van der Waals surface area (Å²) in [4.78, 5) is 27.7. The van der Waals surface area contributed by atoms with Crippen molar-refractivity contribution in [2.75, 3.05) is 43.0 Å². The second-order valence-corrected chi connectivity index (χ2v) is 7.68. The van der Waals surface area contributed by atoms with Crippen molar-refractivity contribution in [3.05, 3.63) is 47.2 Å². The highest BCUT2D eigenvalue weighted by molar-refractivity contribution is 6.30. The van der Waals surface area contributed by atoms with E-state index in [0.29, 0.717) is 23.6 Å². The van der Waals surface area contributed by atoms with E-state index in [4.69, 9.17) is 11.6 Å². The van der Waals surface area contributed by atoms with Gasteiger partial charge >= 0.3 is 0 Å². The highest BCUT2D eigenvalue weighted by Gasteiger charge is 2.28. The Kier molecular flexibility index (Phi) is 5.27. The molecule has 27 heavy (non-hydrogen) atoms. The molecule has 0 atom stereocenters. The lowest BCUT2D eigenvalue weighted by Crippen LogP contribution is -2.47. The summed E-state index contributed by atoms with van der Waals surface area (Å²) in [6.45, 7) is 3.10. The zero-order valence-corrected chi connectivity index (χ0v) is 16.3. The van der Waals surface area contributed by atoms with Crippen molar-refractivity contribution in [2.45, 2.75) is 25.3 Å². The number of hydrogen-bond acceptors (Lipinski definition) is 5. The standard InChI is InChI=1S/C20H24ClN5O/c1-24(20-22-12-16(21)13-23-20)17-7-9-25(10-8-17)14-19(27)26-11-6-15-4-2-3-5-18(15)26/h2-5,12-13,17H,6-11,14H2,1H3. The van der Waals surface area contributed by atoms with Gasteiger partial charge in [0.25, 0.3) is 0 Å². The molecule has 4 rings (SSSR count). The number of anilines is 2. The van der Waals surface area contributed by atoms with Crippen LogP contribution in [0.1, 0.15) is 18.4 Å². The minimum atomic E-state index is 0.202. The molecule has 0 spiro atoms. The number of rotatable bonds is 4. The predicted octanol–water partition coefficient (Wildman–Crippen LogP) is 2.62. The van der Waals surface area contributed by atoms with Crippen molar-refractivity contribution in [2.24, 2.45) is 0 Å².